The van der Waals surface area contributed by atoms with Gasteiger partial charge in [0.05, 0.1) is 21.2 Å². The molecule has 29 heavy (non-hydrogen) atoms. The standard InChI is InChI=1S/C17H22N6O3S3/c1-23(2)29(25,26)13-4-5-14-15(6-13)28-17(22-14)21-8-11(24)7-18-16-19-9-12(27-3)10-20-16/h4-6,9-11,24H,7-8H2,1-3H3,(H,21,22)(H,18,19,20)/t11-/m0/s1. The molecule has 0 unspecified atom stereocenters. The summed E-state index contributed by atoms with van der Waals surface area (Å²) in [4.78, 5) is 14.0. The van der Waals surface area contributed by atoms with Gasteiger partial charge in [0.1, 0.15) is 0 Å². The smallest absolute Gasteiger partial charge is 0.242 e. The molecule has 3 aromatic rings. The molecule has 0 bridgehead atoms. The lowest BCUT2D eigenvalue weighted by Gasteiger charge is -2.12. The van der Waals surface area contributed by atoms with Gasteiger partial charge >= 0.3 is 0 Å². The van der Waals surface area contributed by atoms with E-state index >= 15 is 0 Å². The predicted octanol–water partition coefficient (Wildman–Crippen LogP) is 1.94. The summed E-state index contributed by atoms with van der Waals surface area (Å²) in [5.41, 5.74) is 0.699. The number of aliphatic hydroxyl groups is 1. The zero-order valence-corrected chi connectivity index (χ0v) is 18.6. The molecule has 3 rings (SSSR count). The normalized spacial score (nSPS) is 13.0. The third-order valence-electron chi connectivity index (χ3n) is 3.99. The molecule has 0 aliphatic heterocycles. The first-order chi connectivity index (χ1) is 13.8. The molecular weight excluding hydrogens is 432 g/mol. The molecule has 1 aromatic carbocycles. The van der Waals surface area contributed by atoms with Crippen LogP contribution in [0.15, 0.2) is 40.4 Å². The van der Waals surface area contributed by atoms with Gasteiger partial charge in [0.15, 0.2) is 5.13 Å². The van der Waals surface area contributed by atoms with E-state index in [0.717, 1.165) is 9.60 Å². The highest BCUT2D eigenvalue weighted by Gasteiger charge is 2.18. The fraction of sp³-hybridized carbons (Fsp3) is 0.353. The number of aromatic nitrogens is 3. The number of aliphatic hydroxyl groups excluding tert-OH is 1. The van der Waals surface area contributed by atoms with Gasteiger partial charge in [-0.25, -0.2) is 27.7 Å². The predicted molar refractivity (Wildman–Crippen MR) is 117 cm³/mol. The van der Waals surface area contributed by atoms with E-state index in [-0.39, 0.29) is 18.0 Å². The SMILES string of the molecule is CSc1cnc(NC[C@H](O)CNc2nc3ccc(S(=O)(=O)N(C)C)cc3s2)nc1. The van der Waals surface area contributed by atoms with E-state index in [0.29, 0.717) is 16.6 Å². The van der Waals surface area contributed by atoms with Crippen molar-refractivity contribution >= 4 is 54.4 Å². The molecule has 156 valence electrons. The molecule has 1 atom stereocenters. The van der Waals surface area contributed by atoms with Gasteiger partial charge in [-0.2, -0.15) is 0 Å². The fourth-order valence-electron chi connectivity index (χ4n) is 2.35. The highest BCUT2D eigenvalue weighted by molar-refractivity contribution is 7.98. The monoisotopic (exact) mass is 454 g/mol. The molecule has 3 N–H and O–H groups in total. The summed E-state index contributed by atoms with van der Waals surface area (Å²) in [6.45, 7) is 0.556. The molecule has 2 heterocycles. The van der Waals surface area contributed by atoms with Crippen molar-refractivity contribution in [1.29, 1.82) is 0 Å². The maximum Gasteiger partial charge on any atom is 0.242 e. The third-order valence-corrected chi connectivity index (χ3v) is 7.46. The van der Waals surface area contributed by atoms with E-state index in [4.69, 9.17) is 0 Å². The molecule has 2 aromatic heterocycles. The molecule has 0 amide bonds. The number of benzene rings is 1. The van der Waals surface area contributed by atoms with Gasteiger partial charge in [0.2, 0.25) is 16.0 Å². The van der Waals surface area contributed by atoms with Crippen molar-refractivity contribution < 1.29 is 13.5 Å². The molecule has 9 nitrogen and oxygen atoms in total. The van der Waals surface area contributed by atoms with E-state index in [1.165, 1.54) is 29.7 Å². The van der Waals surface area contributed by atoms with E-state index in [2.05, 4.69) is 25.6 Å². The molecule has 0 aliphatic carbocycles. The van der Waals surface area contributed by atoms with Gasteiger partial charge < -0.3 is 15.7 Å². The van der Waals surface area contributed by atoms with Crippen LogP contribution in [-0.2, 0) is 10.0 Å². The first kappa shape index (κ1) is 21.7. The van der Waals surface area contributed by atoms with Crippen LogP contribution in [0.5, 0.6) is 0 Å². The Hall–Kier alpha value is -1.99. The molecule has 0 fully saturated rings. The molecular formula is C17H22N6O3S3. The summed E-state index contributed by atoms with van der Waals surface area (Å²) >= 11 is 2.90. The maximum absolute atomic E-state index is 12.3. The van der Waals surface area contributed by atoms with Crippen LogP contribution in [0, 0.1) is 0 Å². The molecule has 0 saturated carbocycles. The minimum Gasteiger partial charge on any atom is -0.389 e. The van der Waals surface area contributed by atoms with E-state index < -0.39 is 16.1 Å². The fourth-order valence-corrected chi connectivity index (χ4v) is 4.58. The number of fused-ring (bicyclic) bond motifs is 1. The van der Waals surface area contributed by atoms with Crippen LogP contribution < -0.4 is 10.6 Å². The van der Waals surface area contributed by atoms with E-state index in [1.54, 1.807) is 42.4 Å². The molecule has 0 saturated heterocycles. The maximum atomic E-state index is 12.3. The van der Waals surface area contributed by atoms with Crippen LogP contribution in [0.25, 0.3) is 10.2 Å². The van der Waals surface area contributed by atoms with Crippen LogP contribution in [0.3, 0.4) is 0 Å². The van der Waals surface area contributed by atoms with Gasteiger partial charge in [0.25, 0.3) is 0 Å². The first-order valence-electron chi connectivity index (χ1n) is 8.64. The lowest BCUT2D eigenvalue weighted by molar-refractivity contribution is 0.200. The number of thioether (sulfide) groups is 1. The lowest BCUT2D eigenvalue weighted by atomic mass is 10.3. The van der Waals surface area contributed by atoms with E-state index in [1.807, 2.05) is 6.26 Å². The van der Waals surface area contributed by atoms with Crippen LogP contribution in [0.1, 0.15) is 0 Å². The number of hydrogen-bond acceptors (Lipinski definition) is 10. The van der Waals surface area contributed by atoms with Crippen LogP contribution >= 0.6 is 23.1 Å². The van der Waals surface area contributed by atoms with E-state index in [9.17, 15) is 13.5 Å². The largest absolute Gasteiger partial charge is 0.389 e. The highest BCUT2D eigenvalue weighted by Crippen LogP contribution is 2.28. The summed E-state index contributed by atoms with van der Waals surface area (Å²) in [5, 5.41) is 16.8. The minimum atomic E-state index is -3.49. The average Bonchev–Trinajstić information content (AvgIpc) is 3.13. The van der Waals surface area contributed by atoms with Gasteiger partial charge in [-0.3, -0.25) is 0 Å². The van der Waals surface area contributed by atoms with Crippen molar-refractivity contribution in [1.82, 2.24) is 19.3 Å². The summed E-state index contributed by atoms with van der Waals surface area (Å²) in [7, 11) is -0.499. The zero-order chi connectivity index (χ0) is 21.0. The summed E-state index contributed by atoms with van der Waals surface area (Å²) in [5.74, 6) is 0.455. The summed E-state index contributed by atoms with van der Waals surface area (Å²) < 4.78 is 26.5. The second-order valence-corrected chi connectivity index (χ2v) is 10.4. The molecule has 0 spiro atoms. The third kappa shape index (κ3) is 5.34. The van der Waals surface area contributed by atoms with Crippen LogP contribution in [-0.4, -0.2) is 72.3 Å². The Balaban J connectivity index is 1.58. The summed E-state index contributed by atoms with van der Waals surface area (Å²) in [6, 6.07) is 4.84. The quantitative estimate of drug-likeness (QED) is 0.417. The number of nitrogens with one attached hydrogen (secondary N) is 2. The van der Waals surface area contributed by atoms with Crippen molar-refractivity contribution in [3.8, 4) is 0 Å². The van der Waals surface area contributed by atoms with Gasteiger partial charge in [0, 0.05) is 44.5 Å². The van der Waals surface area contributed by atoms with Crippen LogP contribution in [0.2, 0.25) is 0 Å². The van der Waals surface area contributed by atoms with Crippen molar-refractivity contribution in [2.45, 2.75) is 15.9 Å². The Morgan fingerprint density at radius 1 is 1.21 bits per heavy atom. The number of sulfonamides is 1. The number of thiazole rings is 1. The van der Waals surface area contributed by atoms with Gasteiger partial charge in [-0.1, -0.05) is 11.3 Å². The molecule has 0 radical (unpaired) electrons. The topological polar surface area (TPSA) is 120 Å². The van der Waals surface area contributed by atoms with Crippen molar-refractivity contribution in [3.63, 3.8) is 0 Å². The number of nitrogens with zero attached hydrogens (tertiary/aromatic N) is 4. The van der Waals surface area contributed by atoms with Crippen molar-refractivity contribution in [2.75, 3.05) is 44.1 Å². The van der Waals surface area contributed by atoms with Gasteiger partial charge in [-0.15, -0.1) is 11.8 Å². The lowest BCUT2D eigenvalue weighted by Crippen LogP contribution is -2.28. The number of anilines is 2. The zero-order valence-electron chi connectivity index (χ0n) is 16.2. The molecule has 0 aliphatic rings. The Kier molecular flexibility index (Phi) is 6.90. The number of rotatable bonds is 9. The van der Waals surface area contributed by atoms with Crippen molar-refractivity contribution in [2.24, 2.45) is 0 Å². The second-order valence-electron chi connectivity index (χ2n) is 6.30. The highest BCUT2D eigenvalue weighted by atomic mass is 32.2. The Bertz CT molecular complexity index is 1070. The average molecular weight is 455 g/mol. The van der Waals surface area contributed by atoms with Gasteiger partial charge in [-0.05, 0) is 24.5 Å². The summed E-state index contributed by atoms with van der Waals surface area (Å²) in [6.07, 6.45) is 4.70. The Morgan fingerprint density at radius 3 is 2.55 bits per heavy atom. The Morgan fingerprint density at radius 2 is 1.90 bits per heavy atom. The second kappa shape index (κ2) is 9.22. The van der Waals surface area contributed by atoms with Crippen molar-refractivity contribution in [3.05, 3.63) is 30.6 Å². The minimum absolute atomic E-state index is 0.224. The Labute approximate surface area is 177 Å². The first-order valence-corrected chi connectivity index (χ1v) is 12.1. The molecule has 12 heteroatoms. The number of hydrogen-bond donors (Lipinski definition) is 3. The van der Waals surface area contributed by atoms with Crippen LogP contribution in [0.4, 0.5) is 11.1 Å².